The van der Waals surface area contributed by atoms with Crippen molar-refractivity contribution in [2.24, 2.45) is 5.73 Å². The smallest absolute Gasteiger partial charge is 0.387 e. The number of likely N-dealkylation sites (N-methyl/N-ethyl adjacent to an activating group) is 1. The van der Waals surface area contributed by atoms with Crippen LogP contribution >= 0.6 is 0 Å². The Morgan fingerprint density at radius 3 is 2.38 bits per heavy atom. The fourth-order valence-electron chi connectivity index (χ4n) is 2.09. The van der Waals surface area contributed by atoms with E-state index in [9.17, 15) is 8.78 Å². The van der Waals surface area contributed by atoms with Gasteiger partial charge in [0.05, 0.1) is 6.61 Å². The van der Waals surface area contributed by atoms with E-state index in [2.05, 4.69) is 23.5 Å². The van der Waals surface area contributed by atoms with Crippen molar-refractivity contribution in [3.63, 3.8) is 0 Å². The maximum absolute atomic E-state index is 12.4. The zero-order chi connectivity index (χ0) is 16.0. The van der Waals surface area contributed by atoms with Crippen molar-refractivity contribution in [1.29, 1.82) is 0 Å². The highest BCUT2D eigenvalue weighted by Gasteiger charge is 2.20. The highest BCUT2D eigenvalue weighted by atomic mass is 19.3. The molecule has 0 aliphatic rings. The summed E-state index contributed by atoms with van der Waals surface area (Å²) in [5.74, 6) is 0.351. The van der Waals surface area contributed by atoms with Crippen molar-refractivity contribution in [1.82, 2.24) is 4.90 Å². The Morgan fingerprint density at radius 2 is 1.90 bits per heavy atom. The van der Waals surface area contributed by atoms with Crippen LogP contribution in [0.15, 0.2) is 18.2 Å². The number of benzene rings is 1. The third-order valence-electron chi connectivity index (χ3n) is 3.40. The Morgan fingerprint density at radius 1 is 1.24 bits per heavy atom. The van der Waals surface area contributed by atoms with Crippen molar-refractivity contribution in [2.45, 2.75) is 39.5 Å². The Balaban J connectivity index is 3.10. The van der Waals surface area contributed by atoms with E-state index in [4.69, 9.17) is 10.5 Å². The van der Waals surface area contributed by atoms with Crippen LogP contribution in [0.25, 0.3) is 0 Å². The first-order valence-corrected chi connectivity index (χ1v) is 7.04. The Labute approximate surface area is 124 Å². The van der Waals surface area contributed by atoms with Gasteiger partial charge in [0.2, 0.25) is 0 Å². The standard InChI is InChI=1S/C15H24F2N2O2/c1-5-20-14-8-11(6-7-13(14)21-15(16)17)12(9-18)19(4)10(2)3/h6-8,10,12,15H,5,9,18H2,1-4H3. The van der Waals surface area contributed by atoms with Gasteiger partial charge in [-0.1, -0.05) is 6.07 Å². The minimum Gasteiger partial charge on any atom is -0.490 e. The number of nitrogens with two attached hydrogens (primary N) is 1. The van der Waals surface area contributed by atoms with Gasteiger partial charge in [-0.3, -0.25) is 4.90 Å². The van der Waals surface area contributed by atoms with Gasteiger partial charge in [0.1, 0.15) is 0 Å². The summed E-state index contributed by atoms with van der Waals surface area (Å²) in [6, 6.07) is 5.27. The molecular formula is C15H24F2N2O2. The SMILES string of the molecule is CCOc1cc(C(CN)N(C)C(C)C)ccc1OC(F)F. The number of halogens is 2. The first-order valence-electron chi connectivity index (χ1n) is 7.04. The molecule has 120 valence electrons. The van der Waals surface area contributed by atoms with E-state index in [1.54, 1.807) is 19.1 Å². The molecule has 0 aromatic heterocycles. The van der Waals surface area contributed by atoms with Gasteiger partial charge in [0, 0.05) is 18.6 Å². The molecule has 0 aliphatic heterocycles. The average Bonchev–Trinajstić information content (AvgIpc) is 2.41. The second kappa shape index (κ2) is 8.14. The van der Waals surface area contributed by atoms with Crippen molar-refractivity contribution in [2.75, 3.05) is 20.2 Å². The van der Waals surface area contributed by atoms with Gasteiger partial charge in [-0.2, -0.15) is 8.78 Å². The molecule has 0 bridgehead atoms. The van der Waals surface area contributed by atoms with Crippen molar-refractivity contribution >= 4 is 0 Å². The van der Waals surface area contributed by atoms with E-state index in [1.165, 1.54) is 6.07 Å². The Kier molecular flexibility index (Phi) is 6.84. The third kappa shape index (κ3) is 4.82. The largest absolute Gasteiger partial charge is 0.490 e. The van der Waals surface area contributed by atoms with Crippen LogP contribution in [0.4, 0.5) is 8.78 Å². The zero-order valence-electron chi connectivity index (χ0n) is 13.0. The van der Waals surface area contributed by atoms with Gasteiger partial charge in [-0.15, -0.1) is 0 Å². The highest BCUT2D eigenvalue weighted by molar-refractivity contribution is 5.44. The molecule has 0 saturated heterocycles. The summed E-state index contributed by atoms with van der Waals surface area (Å²) in [5, 5.41) is 0. The molecule has 0 radical (unpaired) electrons. The Hall–Kier alpha value is -1.40. The summed E-state index contributed by atoms with van der Waals surface area (Å²) >= 11 is 0. The summed E-state index contributed by atoms with van der Waals surface area (Å²) in [5.41, 5.74) is 6.77. The second-order valence-electron chi connectivity index (χ2n) is 5.03. The summed E-state index contributed by atoms with van der Waals surface area (Å²) in [6.07, 6.45) is 0. The Bertz CT molecular complexity index is 442. The van der Waals surface area contributed by atoms with E-state index in [1.807, 2.05) is 7.05 Å². The number of hydrogen-bond acceptors (Lipinski definition) is 4. The lowest BCUT2D eigenvalue weighted by Gasteiger charge is -2.31. The average molecular weight is 302 g/mol. The van der Waals surface area contributed by atoms with E-state index >= 15 is 0 Å². The fourth-order valence-corrected chi connectivity index (χ4v) is 2.09. The van der Waals surface area contributed by atoms with Crippen LogP contribution in [0, 0.1) is 0 Å². The van der Waals surface area contributed by atoms with Crippen LogP contribution in [0.3, 0.4) is 0 Å². The molecule has 6 heteroatoms. The molecule has 0 aliphatic carbocycles. The maximum Gasteiger partial charge on any atom is 0.387 e. The summed E-state index contributed by atoms with van der Waals surface area (Å²) < 4.78 is 34.7. The number of rotatable bonds is 8. The topological polar surface area (TPSA) is 47.7 Å². The van der Waals surface area contributed by atoms with E-state index in [0.717, 1.165) is 5.56 Å². The molecule has 4 nitrogen and oxygen atoms in total. The summed E-state index contributed by atoms with van der Waals surface area (Å²) in [7, 11) is 1.98. The van der Waals surface area contributed by atoms with E-state index in [0.29, 0.717) is 24.9 Å². The molecule has 2 N–H and O–H groups in total. The molecule has 1 aromatic carbocycles. The monoisotopic (exact) mass is 302 g/mol. The molecule has 0 amide bonds. The first kappa shape index (κ1) is 17.7. The number of nitrogens with zero attached hydrogens (tertiary/aromatic N) is 1. The molecule has 0 saturated carbocycles. The van der Waals surface area contributed by atoms with Gasteiger partial charge < -0.3 is 15.2 Å². The number of ether oxygens (including phenoxy) is 2. The third-order valence-corrected chi connectivity index (χ3v) is 3.40. The summed E-state index contributed by atoms with van der Waals surface area (Å²) in [4.78, 5) is 2.12. The molecule has 0 heterocycles. The quantitative estimate of drug-likeness (QED) is 0.802. The van der Waals surface area contributed by atoms with Gasteiger partial charge in [0.15, 0.2) is 11.5 Å². The number of alkyl halides is 2. The summed E-state index contributed by atoms with van der Waals surface area (Å²) in [6.45, 7) is 3.85. The molecule has 1 unspecified atom stereocenters. The fraction of sp³-hybridized carbons (Fsp3) is 0.600. The zero-order valence-corrected chi connectivity index (χ0v) is 13.0. The molecular weight excluding hydrogens is 278 g/mol. The lowest BCUT2D eigenvalue weighted by atomic mass is 10.0. The molecule has 0 spiro atoms. The van der Waals surface area contributed by atoms with E-state index < -0.39 is 6.61 Å². The van der Waals surface area contributed by atoms with Crippen LogP contribution in [-0.4, -0.2) is 37.8 Å². The van der Waals surface area contributed by atoms with Crippen molar-refractivity contribution < 1.29 is 18.3 Å². The van der Waals surface area contributed by atoms with Crippen LogP contribution in [0.1, 0.15) is 32.4 Å². The molecule has 1 rings (SSSR count). The van der Waals surface area contributed by atoms with Crippen LogP contribution in [-0.2, 0) is 0 Å². The molecule has 21 heavy (non-hydrogen) atoms. The maximum atomic E-state index is 12.4. The minimum atomic E-state index is -2.88. The van der Waals surface area contributed by atoms with Gasteiger partial charge in [0.25, 0.3) is 0 Å². The molecule has 1 atom stereocenters. The van der Waals surface area contributed by atoms with Crippen LogP contribution < -0.4 is 15.2 Å². The predicted molar refractivity (Wildman–Crippen MR) is 78.9 cm³/mol. The van der Waals surface area contributed by atoms with Gasteiger partial charge >= 0.3 is 6.61 Å². The second-order valence-corrected chi connectivity index (χ2v) is 5.03. The van der Waals surface area contributed by atoms with Crippen LogP contribution in [0.5, 0.6) is 11.5 Å². The lowest BCUT2D eigenvalue weighted by Crippen LogP contribution is -2.35. The highest BCUT2D eigenvalue weighted by Crippen LogP contribution is 2.33. The molecule has 0 fully saturated rings. The van der Waals surface area contributed by atoms with Crippen LogP contribution in [0.2, 0.25) is 0 Å². The van der Waals surface area contributed by atoms with Gasteiger partial charge in [-0.25, -0.2) is 0 Å². The first-order chi connectivity index (χ1) is 9.90. The number of hydrogen-bond donors (Lipinski definition) is 1. The van der Waals surface area contributed by atoms with Crippen molar-refractivity contribution in [3.05, 3.63) is 23.8 Å². The molecule has 1 aromatic rings. The van der Waals surface area contributed by atoms with E-state index in [-0.39, 0.29) is 11.8 Å². The van der Waals surface area contributed by atoms with Gasteiger partial charge in [-0.05, 0) is 45.5 Å². The lowest BCUT2D eigenvalue weighted by molar-refractivity contribution is -0.0514. The minimum absolute atomic E-state index is 0.00944. The predicted octanol–water partition coefficient (Wildman–Crippen LogP) is 3.03. The van der Waals surface area contributed by atoms with Crippen molar-refractivity contribution in [3.8, 4) is 11.5 Å². The normalized spacial score (nSPS) is 13.0.